The maximum absolute atomic E-state index is 9.81. The topological polar surface area (TPSA) is 58.5 Å². The second kappa shape index (κ2) is 7.71. The van der Waals surface area contributed by atoms with Crippen LogP contribution < -0.4 is 4.74 Å². The Hall–Kier alpha value is -0.980. The average molecular weight is 297 g/mol. The Morgan fingerprint density at radius 3 is 3.00 bits per heavy atom. The van der Waals surface area contributed by atoms with Gasteiger partial charge in [0.15, 0.2) is 0 Å². The summed E-state index contributed by atoms with van der Waals surface area (Å²) in [4.78, 5) is 2.07. The van der Waals surface area contributed by atoms with Crippen LogP contribution in [0.5, 0.6) is 5.88 Å². The summed E-state index contributed by atoms with van der Waals surface area (Å²) in [6.45, 7) is 4.31. The van der Waals surface area contributed by atoms with E-state index in [1.165, 1.54) is 19.3 Å². The quantitative estimate of drug-likeness (QED) is 0.782. The molecule has 2 rings (SSSR count). The third kappa shape index (κ3) is 4.26. The average Bonchev–Trinajstić information content (AvgIpc) is 2.86. The highest BCUT2D eigenvalue weighted by Gasteiger charge is 2.21. The van der Waals surface area contributed by atoms with Gasteiger partial charge in [-0.25, -0.2) is 0 Å². The zero-order valence-corrected chi connectivity index (χ0v) is 13.0. The molecular formula is C14H23N3O2S. The second-order valence-corrected chi connectivity index (χ2v) is 5.81. The summed E-state index contributed by atoms with van der Waals surface area (Å²) in [7, 11) is 1.99. The molecule has 1 unspecified atom stereocenters. The minimum Gasteiger partial charge on any atom is -0.475 e. The number of aliphatic hydroxyl groups excluding tert-OH is 1. The number of ether oxygens (including phenoxy) is 1. The minimum atomic E-state index is -0.442. The maximum Gasteiger partial charge on any atom is 0.253 e. The van der Waals surface area contributed by atoms with Crippen LogP contribution in [-0.2, 0) is 0 Å². The Morgan fingerprint density at radius 2 is 2.25 bits per heavy atom. The number of aromatic nitrogens is 2. The van der Waals surface area contributed by atoms with Gasteiger partial charge in [-0.3, -0.25) is 4.90 Å². The van der Waals surface area contributed by atoms with E-state index in [1.54, 1.807) is 0 Å². The minimum absolute atomic E-state index is 0.442. The lowest BCUT2D eigenvalue weighted by molar-refractivity contribution is 0.163. The molecule has 2 heterocycles. The van der Waals surface area contributed by atoms with Crippen molar-refractivity contribution in [3.05, 3.63) is 11.8 Å². The molecule has 20 heavy (non-hydrogen) atoms. The molecule has 6 heteroatoms. The van der Waals surface area contributed by atoms with Crippen molar-refractivity contribution in [2.24, 2.45) is 0 Å². The van der Waals surface area contributed by atoms with Gasteiger partial charge in [0, 0.05) is 13.1 Å². The zero-order valence-electron chi connectivity index (χ0n) is 12.2. The van der Waals surface area contributed by atoms with E-state index in [4.69, 9.17) is 4.74 Å². The lowest BCUT2D eigenvalue weighted by Gasteiger charge is -2.25. The summed E-state index contributed by atoms with van der Waals surface area (Å²) >= 11 is 1.16. The SMILES string of the molecule is CCCCCCOc1nsnc1C1=CC(O)CN(C)C1. The molecule has 0 radical (unpaired) electrons. The Bertz CT molecular complexity index is 447. The lowest BCUT2D eigenvalue weighted by Crippen LogP contribution is -2.34. The molecule has 1 aliphatic heterocycles. The molecule has 0 saturated carbocycles. The number of aliphatic hydroxyl groups is 1. The van der Waals surface area contributed by atoms with Crippen LogP contribution in [-0.4, -0.2) is 51.6 Å². The predicted octanol–water partition coefficient (Wildman–Crippen LogP) is 2.19. The van der Waals surface area contributed by atoms with Gasteiger partial charge in [-0.2, -0.15) is 4.37 Å². The van der Waals surface area contributed by atoms with Gasteiger partial charge in [0.2, 0.25) is 0 Å². The fraction of sp³-hybridized carbons (Fsp3) is 0.714. The molecule has 0 aromatic carbocycles. The number of hydrogen-bond donors (Lipinski definition) is 1. The van der Waals surface area contributed by atoms with E-state index in [0.717, 1.165) is 36.0 Å². The van der Waals surface area contributed by atoms with Crippen molar-refractivity contribution in [3.8, 4) is 5.88 Å². The number of likely N-dealkylation sites (N-methyl/N-ethyl adjacent to an activating group) is 1. The van der Waals surface area contributed by atoms with E-state index >= 15 is 0 Å². The number of rotatable bonds is 7. The van der Waals surface area contributed by atoms with Crippen molar-refractivity contribution in [1.29, 1.82) is 0 Å². The van der Waals surface area contributed by atoms with E-state index < -0.39 is 6.10 Å². The van der Waals surface area contributed by atoms with Crippen LogP contribution >= 0.6 is 11.7 Å². The molecular weight excluding hydrogens is 274 g/mol. The number of β-amino-alcohol motifs (C(OH)–C–C–N with tert-alkyl or cyclic N) is 1. The van der Waals surface area contributed by atoms with Crippen LogP contribution in [0.25, 0.3) is 5.57 Å². The van der Waals surface area contributed by atoms with Crippen molar-refractivity contribution in [3.63, 3.8) is 0 Å². The molecule has 0 fully saturated rings. The van der Waals surface area contributed by atoms with Crippen LogP contribution in [0.4, 0.5) is 0 Å². The summed E-state index contributed by atoms with van der Waals surface area (Å²) in [5.74, 6) is 0.611. The summed E-state index contributed by atoms with van der Waals surface area (Å²) in [5, 5.41) is 9.81. The Morgan fingerprint density at radius 1 is 1.40 bits per heavy atom. The molecule has 0 spiro atoms. The van der Waals surface area contributed by atoms with E-state index in [9.17, 15) is 5.11 Å². The first-order valence-electron chi connectivity index (χ1n) is 7.23. The predicted molar refractivity (Wildman–Crippen MR) is 81.0 cm³/mol. The molecule has 0 aliphatic carbocycles. The number of nitrogens with zero attached hydrogens (tertiary/aromatic N) is 3. The normalized spacial score (nSPS) is 19.9. The maximum atomic E-state index is 9.81. The first-order valence-corrected chi connectivity index (χ1v) is 7.96. The third-order valence-corrected chi connectivity index (χ3v) is 3.84. The zero-order chi connectivity index (χ0) is 14.4. The molecule has 1 aromatic rings. The van der Waals surface area contributed by atoms with Gasteiger partial charge in [-0.05, 0) is 25.1 Å². The lowest BCUT2D eigenvalue weighted by atomic mass is 10.1. The van der Waals surface area contributed by atoms with Crippen molar-refractivity contribution >= 4 is 17.3 Å². The first-order chi connectivity index (χ1) is 9.70. The second-order valence-electron chi connectivity index (χ2n) is 5.28. The van der Waals surface area contributed by atoms with E-state index in [2.05, 4.69) is 20.6 Å². The Balaban J connectivity index is 1.94. The molecule has 0 amide bonds. The van der Waals surface area contributed by atoms with E-state index in [0.29, 0.717) is 19.0 Å². The van der Waals surface area contributed by atoms with Crippen LogP contribution in [0.3, 0.4) is 0 Å². The van der Waals surface area contributed by atoms with Crippen LogP contribution in [0.15, 0.2) is 6.08 Å². The summed E-state index contributed by atoms with van der Waals surface area (Å²) < 4.78 is 14.3. The number of hydrogen-bond acceptors (Lipinski definition) is 6. The summed E-state index contributed by atoms with van der Waals surface area (Å²) in [5.41, 5.74) is 1.79. The Labute approximate surface area is 124 Å². The van der Waals surface area contributed by atoms with Crippen molar-refractivity contribution in [2.75, 3.05) is 26.7 Å². The molecule has 1 atom stereocenters. The monoisotopic (exact) mass is 297 g/mol. The van der Waals surface area contributed by atoms with Gasteiger partial charge in [0.05, 0.1) is 24.4 Å². The fourth-order valence-electron chi connectivity index (χ4n) is 2.34. The molecule has 112 valence electrons. The highest BCUT2D eigenvalue weighted by atomic mass is 32.1. The molecule has 0 saturated heterocycles. The van der Waals surface area contributed by atoms with Crippen molar-refractivity contribution < 1.29 is 9.84 Å². The molecule has 1 aromatic heterocycles. The third-order valence-electron chi connectivity index (χ3n) is 3.33. The number of unbranched alkanes of at least 4 members (excludes halogenated alkanes) is 3. The van der Waals surface area contributed by atoms with Gasteiger partial charge < -0.3 is 9.84 Å². The van der Waals surface area contributed by atoms with Gasteiger partial charge in [0.1, 0.15) is 5.69 Å². The van der Waals surface area contributed by atoms with Gasteiger partial charge in [0.25, 0.3) is 5.88 Å². The summed E-state index contributed by atoms with van der Waals surface area (Å²) in [6.07, 6.45) is 6.12. The van der Waals surface area contributed by atoms with E-state index in [1.807, 2.05) is 13.1 Å². The smallest absolute Gasteiger partial charge is 0.253 e. The van der Waals surface area contributed by atoms with Crippen molar-refractivity contribution in [1.82, 2.24) is 13.6 Å². The van der Waals surface area contributed by atoms with Crippen LogP contribution in [0, 0.1) is 0 Å². The molecule has 1 N–H and O–H groups in total. The first kappa shape index (κ1) is 15.4. The summed E-state index contributed by atoms with van der Waals surface area (Å²) in [6, 6.07) is 0. The largest absolute Gasteiger partial charge is 0.475 e. The molecule has 1 aliphatic rings. The van der Waals surface area contributed by atoms with Crippen LogP contribution in [0.1, 0.15) is 38.3 Å². The van der Waals surface area contributed by atoms with Crippen LogP contribution in [0.2, 0.25) is 0 Å². The fourth-order valence-corrected chi connectivity index (χ4v) is 2.87. The standard InChI is InChI=1S/C14H23N3O2S/c1-3-4-5-6-7-19-14-13(15-20-16-14)11-8-12(18)10-17(2)9-11/h8,12,18H,3-7,9-10H2,1-2H3. The van der Waals surface area contributed by atoms with Gasteiger partial charge >= 0.3 is 0 Å². The van der Waals surface area contributed by atoms with Gasteiger partial charge in [-0.1, -0.05) is 26.2 Å². The van der Waals surface area contributed by atoms with E-state index in [-0.39, 0.29) is 0 Å². The van der Waals surface area contributed by atoms with Gasteiger partial charge in [-0.15, -0.1) is 4.37 Å². The highest BCUT2D eigenvalue weighted by Crippen LogP contribution is 2.27. The molecule has 0 bridgehead atoms. The Kier molecular flexibility index (Phi) is 5.94. The molecule has 5 nitrogen and oxygen atoms in total. The highest BCUT2D eigenvalue weighted by molar-refractivity contribution is 6.99. The van der Waals surface area contributed by atoms with Crippen molar-refractivity contribution in [2.45, 2.75) is 38.7 Å².